The van der Waals surface area contributed by atoms with Gasteiger partial charge in [0.1, 0.15) is 0 Å². The monoisotopic (exact) mass is 301 g/mol. The summed E-state index contributed by atoms with van der Waals surface area (Å²) in [6.45, 7) is 1.68. The molecule has 0 aliphatic rings. The first-order chi connectivity index (χ1) is 10.1. The Morgan fingerprint density at radius 2 is 1.81 bits per heavy atom. The summed E-state index contributed by atoms with van der Waals surface area (Å²) in [5.41, 5.74) is 1.29. The summed E-state index contributed by atoms with van der Waals surface area (Å²) >= 11 is 1.44. The van der Waals surface area contributed by atoms with E-state index in [9.17, 15) is 9.59 Å². The zero-order valence-corrected chi connectivity index (χ0v) is 12.3. The smallest absolute Gasteiger partial charge is 0.336 e. The van der Waals surface area contributed by atoms with Gasteiger partial charge in [-0.25, -0.2) is 4.79 Å². The SMILES string of the molecule is Cc1c(NC(=O)CSc2ccccc2)cccc1C(=O)O. The Balaban J connectivity index is 2.00. The predicted molar refractivity (Wildman–Crippen MR) is 83.9 cm³/mol. The molecular weight excluding hydrogens is 286 g/mol. The van der Waals surface area contributed by atoms with Crippen LogP contribution in [0.1, 0.15) is 15.9 Å². The van der Waals surface area contributed by atoms with Crippen LogP contribution in [0.5, 0.6) is 0 Å². The first kappa shape index (κ1) is 15.1. The van der Waals surface area contributed by atoms with Crippen LogP contribution in [-0.2, 0) is 4.79 Å². The van der Waals surface area contributed by atoms with E-state index in [1.807, 2.05) is 30.3 Å². The minimum atomic E-state index is -0.998. The molecular formula is C16H15NO3S. The van der Waals surface area contributed by atoms with Crippen molar-refractivity contribution in [1.82, 2.24) is 0 Å². The number of nitrogens with one attached hydrogen (secondary N) is 1. The molecule has 0 atom stereocenters. The number of anilines is 1. The topological polar surface area (TPSA) is 66.4 Å². The van der Waals surface area contributed by atoms with Crippen LogP contribution in [0.25, 0.3) is 0 Å². The molecule has 0 heterocycles. The van der Waals surface area contributed by atoms with Crippen molar-refractivity contribution in [2.75, 3.05) is 11.1 Å². The molecule has 0 aromatic heterocycles. The lowest BCUT2D eigenvalue weighted by molar-refractivity contribution is -0.113. The van der Waals surface area contributed by atoms with E-state index in [0.29, 0.717) is 11.3 Å². The van der Waals surface area contributed by atoms with Crippen LogP contribution < -0.4 is 5.32 Å². The third-order valence-electron chi connectivity index (χ3n) is 2.95. The van der Waals surface area contributed by atoms with E-state index in [2.05, 4.69) is 5.32 Å². The largest absolute Gasteiger partial charge is 0.478 e. The van der Waals surface area contributed by atoms with Crippen molar-refractivity contribution in [3.63, 3.8) is 0 Å². The van der Waals surface area contributed by atoms with Gasteiger partial charge in [0.2, 0.25) is 5.91 Å². The molecule has 21 heavy (non-hydrogen) atoms. The zero-order chi connectivity index (χ0) is 15.2. The fourth-order valence-electron chi connectivity index (χ4n) is 1.85. The molecule has 0 spiro atoms. The lowest BCUT2D eigenvalue weighted by Gasteiger charge is -2.10. The highest BCUT2D eigenvalue weighted by molar-refractivity contribution is 8.00. The van der Waals surface area contributed by atoms with Gasteiger partial charge in [0.25, 0.3) is 0 Å². The Kier molecular flexibility index (Phi) is 5.00. The molecule has 0 fully saturated rings. The van der Waals surface area contributed by atoms with Crippen LogP contribution in [0.3, 0.4) is 0 Å². The highest BCUT2D eigenvalue weighted by Gasteiger charge is 2.12. The Morgan fingerprint density at radius 3 is 2.48 bits per heavy atom. The molecule has 1 amide bonds. The van der Waals surface area contributed by atoms with Crippen LogP contribution in [0, 0.1) is 6.92 Å². The number of hydrogen-bond acceptors (Lipinski definition) is 3. The highest BCUT2D eigenvalue weighted by atomic mass is 32.2. The van der Waals surface area contributed by atoms with Crippen LogP contribution in [0.15, 0.2) is 53.4 Å². The normalized spacial score (nSPS) is 10.1. The number of benzene rings is 2. The van der Waals surface area contributed by atoms with Gasteiger partial charge in [-0.2, -0.15) is 0 Å². The lowest BCUT2D eigenvalue weighted by atomic mass is 10.1. The van der Waals surface area contributed by atoms with Gasteiger partial charge in [-0.1, -0.05) is 24.3 Å². The summed E-state index contributed by atoms with van der Waals surface area (Å²) in [6, 6.07) is 14.5. The Hall–Kier alpha value is -2.27. The molecule has 0 radical (unpaired) electrons. The van der Waals surface area contributed by atoms with E-state index in [0.717, 1.165) is 4.90 Å². The molecule has 0 saturated carbocycles. The molecule has 2 rings (SSSR count). The lowest BCUT2D eigenvalue weighted by Crippen LogP contribution is -2.15. The van der Waals surface area contributed by atoms with Crippen molar-refractivity contribution >= 4 is 29.3 Å². The van der Waals surface area contributed by atoms with Crippen LogP contribution in [0.2, 0.25) is 0 Å². The van der Waals surface area contributed by atoms with Crippen molar-refractivity contribution in [3.8, 4) is 0 Å². The van der Waals surface area contributed by atoms with Gasteiger partial charge < -0.3 is 10.4 Å². The number of carbonyl (C=O) groups excluding carboxylic acids is 1. The number of amides is 1. The number of thioether (sulfide) groups is 1. The van der Waals surface area contributed by atoms with Gasteiger partial charge in [-0.05, 0) is 36.8 Å². The molecule has 4 nitrogen and oxygen atoms in total. The van der Waals surface area contributed by atoms with Gasteiger partial charge in [0.05, 0.1) is 11.3 Å². The van der Waals surface area contributed by atoms with E-state index in [1.165, 1.54) is 17.8 Å². The predicted octanol–water partition coefficient (Wildman–Crippen LogP) is 3.42. The van der Waals surface area contributed by atoms with E-state index in [4.69, 9.17) is 5.11 Å². The molecule has 5 heteroatoms. The minimum absolute atomic E-state index is 0.158. The number of carbonyl (C=O) groups is 2. The van der Waals surface area contributed by atoms with Crippen molar-refractivity contribution in [2.45, 2.75) is 11.8 Å². The highest BCUT2D eigenvalue weighted by Crippen LogP contribution is 2.21. The molecule has 2 aromatic carbocycles. The summed E-state index contributed by atoms with van der Waals surface area (Å²) < 4.78 is 0. The molecule has 0 saturated heterocycles. The summed E-state index contributed by atoms with van der Waals surface area (Å²) in [7, 11) is 0. The summed E-state index contributed by atoms with van der Waals surface area (Å²) in [5, 5.41) is 11.8. The second-order valence-corrected chi connectivity index (χ2v) is 5.48. The van der Waals surface area contributed by atoms with E-state index >= 15 is 0 Å². The number of carboxylic acids is 1. The molecule has 0 unspecified atom stereocenters. The van der Waals surface area contributed by atoms with Crippen molar-refractivity contribution in [1.29, 1.82) is 0 Å². The quantitative estimate of drug-likeness (QED) is 0.830. The molecule has 2 N–H and O–H groups in total. The van der Waals surface area contributed by atoms with Gasteiger partial charge in [0.15, 0.2) is 0 Å². The third kappa shape index (κ3) is 4.10. The van der Waals surface area contributed by atoms with Crippen LogP contribution in [0.4, 0.5) is 5.69 Å². The molecule has 108 valence electrons. The van der Waals surface area contributed by atoms with Gasteiger partial charge in [0, 0.05) is 10.6 Å². The first-order valence-corrected chi connectivity index (χ1v) is 7.37. The summed E-state index contributed by atoms with van der Waals surface area (Å²) in [6.07, 6.45) is 0. The average molecular weight is 301 g/mol. The molecule has 0 aliphatic carbocycles. The Bertz CT molecular complexity index is 656. The average Bonchev–Trinajstić information content (AvgIpc) is 2.48. The van der Waals surface area contributed by atoms with Gasteiger partial charge >= 0.3 is 5.97 Å². The van der Waals surface area contributed by atoms with Crippen molar-refractivity contribution in [3.05, 3.63) is 59.7 Å². The van der Waals surface area contributed by atoms with Crippen molar-refractivity contribution < 1.29 is 14.7 Å². The van der Waals surface area contributed by atoms with Gasteiger partial charge in [-0.15, -0.1) is 11.8 Å². The van der Waals surface area contributed by atoms with E-state index in [-0.39, 0.29) is 17.2 Å². The summed E-state index contributed by atoms with van der Waals surface area (Å²) in [5.74, 6) is -0.877. The number of aromatic carboxylic acids is 1. The van der Waals surface area contributed by atoms with E-state index < -0.39 is 5.97 Å². The number of carboxylic acid groups (broad SMARTS) is 1. The molecule has 2 aromatic rings. The third-order valence-corrected chi connectivity index (χ3v) is 3.96. The molecule has 0 aliphatic heterocycles. The Labute approximate surface area is 127 Å². The maximum absolute atomic E-state index is 11.9. The second kappa shape index (κ2) is 6.95. The molecule has 0 bridgehead atoms. The zero-order valence-electron chi connectivity index (χ0n) is 11.5. The summed E-state index contributed by atoms with van der Waals surface area (Å²) in [4.78, 5) is 24.0. The minimum Gasteiger partial charge on any atom is -0.478 e. The number of hydrogen-bond donors (Lipinski definition) is 2. The standard InChI is InChI=1S/C16H15NO3S/c1-11-13(16(19)20)8-5-9-14(11)17-15(18)10-21-12-6-3-2-4-7-12/h2-9H,10H2,1H3,(H,17,18)(H,19,20). The second-order valence-electron chi connectivity index (χ2n) is 4.43. The van der Waals surface area contributed by atoms with Crippen LogP contribution in [-0.4, -0.2) is 22.7 Å². The maximum atomic E-state index is 11.9. The van der Waals surface area contributed by atoms with Crippen molar-refractivity contribution in [2.24, 2.45) is 0 Å². The maximum Gasteiger partial charge on any atom is 0.336 e. The van der Waals surface area contributed by atoms with E-state index in [1.54, 1.807) is 19.1 Å². The number of rotatable bonds is 5. The first-order valence-electron chi connectivity index (χ1n) is 6.38. The Morgan fingerprint density at radius 1 is 1.10 bits per heavy atom. The fourth-order valence-corrected chi connectivity index (χ4v) is 2.57. The van der Waals surface area contributed by atoms with Gasteiger partial charge in [-0.3, -0.25) is 4.79 Å². The fraction of sp³-hybridized carbons (Fsp3) is 0.125. The van der Waals surface area contributed by atoms with Crippen LogP contribution >= 0.6 is 11.8 Å².